The van der Waals surface area contributed by atoms with Crippen LogP contribution in [0.25, 0.3) is 11.1 Å². The van der Waals surface area contributed by atoms with E-state index in [-0.39, 0.29) is 17.6 Å². The first-order chi connectivity index (χ1) is 17.1. The summed E-state index contributed by atoms with van der Waals surface area (Å²) < 4.78 is 6.69. The van der Waals surface area contributed by atoms with E-state index in [9.17, 15) is 9.59 Å². The smallest absolute Gasteiger partial charge is 0.322 e. The molecule has 3 atom stereocenters. The lowest BCUT2D eigenvalue weighted by Crippen LogP contribution is -2.39. The van der Waals surface area contributed by atoms with Gasteiger partial charge in [0.25, 0.3) is 0 Å². The summed E-state index contributed by atoms with van der Waals surface area (Å²) in [5.41, 5.74) is 6.34. The average molecular weight is 523 g/mol. The molecule has 0 saturated carbocycles. The van der Waals surface area contributed by atoms with E-state index in [0.717, 1.165) is 28.4 Å². The standard InChI is InChI=1S/C31H23BrO3/c32-24-15-13-20(14-16-24)19-9-11-21(12-10-19)23-17-22-5-1-2-6-25(22)27(18-23)29-30(33)26-7-3-4-8-28(26)35-31(29)34/h1-16,23,27,29H,17-18H2. The first-order valence-electron chi connectivity index (χ1n) is 11.9. The number of Topliss-reactive ketones (excluding diaryl/α,β-unsaturated/α-hetero) is 1. The molecule has 0 saturated heterocycles. The van der Waals surface area contributed by atoms with Crippen LogP contribution in [0.5, 0.6) is 5.75 Å². The van der Waals surface area contributed by atoms with Crippen LogP contribution in [0.15, 0.2) is 102 Å². The summed E-state index contributed by atoms with van der Waals surface area (Å²) in [6.45, 7) is 0. The van der Waals surface area contributed by atoms with E-state index < -0.39 is 11.9 Å². The van der Waals surface area contributed by atoms with Crippen LogP contribution in [-0.4, -0.2) is 11.8 Å². The molecule has 3 nitrogen and oxygen atoms in total. The molecular formula is C31H23BrO3. The van der Waals surface area contributed by atoms with Crippen molar-refractivity contribution in [3.63, 3.8) is 0 Å². The summed E-state index contributed by atoms with van der Waals surface area (Å²) in [6.07, 6.45) is 1.61. The van der Waals surface area contributed by atoms with Crippen molar-refractivity contribution >= 4 is 27.7 Å². The van der Waals surface area contributed by atoms with Gasteiger partial charge in [-0.3, -0.25) is 9.59 Å². The highest BCUT2D eigenvalue weighted by molar-refractivity contribution is 9.10. The van der Waals surface area contributed by atoms with Crippen molar-refractivity contribution in [3.05, 3.63) is 124 Å². The van der Waals surface area contributed by atoms with Crippen molar-refractivity contribution < 1.29 is 14.3 Å². The summed E-state index contributed by atoms with van der Waals surface area (Å²) in [6, 6.07) is 32.2. The van der Waals surface area contributed by atoms with Crippen molar-refractivity contribution in [1.82, 2.24) is 0 Å². The summed E-state index contributed by atoms with van der Waals surface area (Å²) >= 11 is 3.49. The number of carbonyl (C=O) groups is 2. The number of halogens is 1. The Morgan fingerprint density at radius 2 is 1.40 bits per heavy atom. The predicted octanol–water partition coefficient (Wildman–Crippen LogP) is 7.35. The number of ketones is 1. The lowest BCUT2D eigenvalue weighted by atomic mass is 9.67. The highest BCUT2D eigenvalue weighted by Gasteiger charge is 2.45. The van der Waals surface area contributed by atoms with Gasteiger partial charge >= 0.3 is 5.97 Å². The second-order valence-electron chi connectivity index (χ2n) is 9.33. The number of hydrogen-bond acceptors (Lipinski definition) is 3. The minimum atomic E-state index is -0.823. The molecule has 2 aliphatic rings. The van der Waals surface area contributed by atoms with E-state index in [1.165, 1.54) is 16.7 Å². The molecule has 0 amide bonds. The van der Waals surface area contributed by atoms with Gasteiger partial charge in [-0.15, -0.1) is 0 Å². The summed E-state index contributed by atoms with van der Waals surface area (Å²) in [5.74, 6) is -1.04. The van der Waals surface area contributed by atoms with Gasteiger partial charge in [0.2, 0.25) is 0 Å². The van der Waals surface area contributed by atoms with Crippen molar-refractivity contribution in [1.29, 1.82) is 0 Å². The largest absolute Gasteiger partial charge is 0.425 e. The predicted molar refractivity (Wildman–Crippen MR) is 140 cm³/mol. The maximum atomic E-state index is 13.5. The highest BCUT2D eigenvalue weighted by Crippen LogP contribution is 2.46. The van der Waals surface area contributed by atoms with E-state index in [2.05, 4.69) is 64.5 Å². The normalized spacial score (nSPS) is 21.1. The van der Waals surface area contributed by atoms with E-state index in [1.54, 1.807) is 18.2 Å². The van der Waals surface area contributed by atoms with Gasteiger partial charge in [-0.25, -0.2) is 0 Å². The number of esters is 1. The number of hydrogen-bond donors (Lipinski definition) is 0. The van der Waals surface area contributed by atoms with Crippen molar-refractivity contribution in [2.75, 3.05) is 0 Å². The molecule has 6 rings (SSSR count). The van der Waals surface area contributed by atoms with Crippen LogP contribution in [0, 0.1) is 5.92 Å². The number of carbonyl (C=O) groups excluding carboxylic acids is 2. The molecule has 0 N–H and O–H groups in total. The van der Waals surface area contributed by atoms with Gasteiger partial charge in [-0.2, -0.15) is 0 Å². The SMILES string of the molecule is O=C1Oc2ccccc2C(=O)C1C1CC(c2ccc(-c3ccc(Br)cc3)cc2)Cc2ccccc21. The molecule has 0 radical (unpaired) electrons. The molecule has 4 aromatic carbocycles. The van der Waals surface area contributed by atoms with Crippen LogP contribution in [0.1, 0.15) is 45.3 Å². The molecule has 0 spiro atoms. The maximum absolute atomic E-state index is 13.5. The topological polar surface area (TPSA) is 43.4 Å². The third kappa shape index (κ3) is 4.02. The van der Waals surface area contributed by atoms with E-state index >= 15 is 0 Å². The van der Waals surface area contributed by atoms with E-state index in [0.29, 0.717) is 11.3 Å². The lowest BCUT2D eigenvalue weighted by Gasteiger charge is -2.36. The molecule has 3 unspecified atom stereocenters. The van der Waals surface area contributed by atoms with Crippen molar-refractivity contribution in [3.8, 4) is 16.9 Å². The zero-order chi connectivity index (χ0) is 23.9. The Hall–Kier alpha value is -3.50. The van der Waals surface area contributed by atoms with Gasteiger partial charge in [-0.1, -0.05) is 88.7 Å². The fraction of sp³-hybridized carbons (Fsp3) is 0.161. The van der Waals surface area contributed by atoms with Gasteiger partial charge < -0.3 is 4.74 Å². The molecule has 1 aliphatic carbocycles. The van der Waals surface area contributed by atoms with Gasteiger partial charge in [0.15, 0.2) is 5.78 Å². The first-order valence-corrected chi connectivity index (χ1v) is 12.7. The lowest BCUT2D eigenvalue weighted by molar-refractivity contribution is -0.138. The number of rotatable bonds is 3. The Morgan fingerprint density at radius 1 is 0.743 bits per heavy atom. The van der Waals surface area contributed by atoms with Crippen LogP contribution in [-0.2, 0) is 11.2 Å². The van der Waals surface area contributed by atoms with Crippen LogP contribution in [0.3, 0.4) is 0 Å². The number of benzene rings is 4. The molecule has 0 fully saturated rings. The summed E-state index contributed by atoms with van der Waals surface area (Å²) in [7, 11) is 0. The third-order valence-corrected chi connectivity index (χ3v) is 7.85. The van der Waals surface area contributed by atoms with Gasteiger partial charge in [-0.05, 0) is 70.8 Å². The molecule has 4 heteroatoms. The molecule has 0 bridgehead atoms. The fourth-order valence-electron chi connectivity index (χ4n) is 5.58. The second kappa shape index (κ2) is 8.94. The van der Waals surface area contributed by atoms with E-state index in [4.69, 9.17) is 4.74 Å². The molecule has 0 aromatic heterocycles. The molecular weight excluding hydrogens is 500 g/mol. The molecule has 1 heterocycles. The highest BCUT2D eigenvalue weighted by atomic mass is 79.9. The third-order valence-electron chi connectivity index (χ3n) is 7.32. The van der Waals surface area contributed by atoms with Crippen molar-refractivity contribution in [2.45, 2.75) is 24.7 Å². The van der Waals surface area contributed by atoms with Gasteiger partial charge in [0, 0.05) is 10.4 Å². The maximum Gasteiger partial charge on any atom is 0.322 e. The second-order valence-corrected chi connectivity index (χ2v) is 10.2. The zero-order valence-electron chi connectivity index (χ0n) is 19.0. The van der Waals surface area contributed by atoms with Gasteiger partial charge in [0.05, 0.1) is 5.56 Å². The number of ether oxygens (including phenoxy) is 1. The minimum absolute atomic E-state index is 0.136. The minimum Gasteiger partial charge on any atom is -0.425 e. The monoisotopic (exact) mass is 522 g/mol. The average Bonchev–Trinajstić information content (AvgIpc) is 2.89. The Bertz CT molecular complexity index is 1420. The van der Waals surface area contributed by atoms with E-state index in [1.807, 2.05) is 30.3 Å². The quantitative estimate of drug-likeness (QED) is 0.160. The van der Waals surface area contributed by atoms with Crippen LogP contribution < -0.4 is 4.74 Å². The van der Waals surface area contributed by atoms with Crippen LogP contribution in [0.2, 0.25) is 0 Å². The Balaban J connectivity index is 1.34. The first kappa shape index (κ1) is 22.0. The Kier molecular flexibility index (Phi) is 5.62. The Morgan fingerprint density at radius 3 is 2.17 bits per heavy atom. The molecule has 35 heavy (non-hydrogen) atoms. The molecule has 1 aliphatic heterocycles. The number of fused-ring (bicyclic) bond motifs is 2. The van der Waals surface area contributed by atoms with Crippen LogP contribution in [0.4, 0.5) is 0 Å². The van der Waals surface area contributed by atoms with Gasteiger partial charge in [0.1, 0.15) is 11.7 Å². The molecule has 4 aromatic rings. The zero-order valence-corrected chi connectivity index (χ0v) is 20.6. The fourth-order valence-corrected chi connectivity index (χ4v) is 5.84. The Labute approximate surface area is 212 Å². The van der Waals surface area contributed by atoms with Crippen molar-refractivity contribution in [2.24, 2.45) is 5.92 Å². The summed E-state index contributed by atoms with van der Waals surface area (Å²) in [5, 5.41) is 0. The van der Waals surface area contributed by atoms with Crippen LogP contribution >= 0.6 is 15.9 Å². The number of para-hydroxylation sites is 1. The summed E-state index contributed by atoms with van der Waals surface area (Å²) in [4.78, 5) is 26.6. The molecule has 172 valence electrons.